The number of carbonyl (C=O) groups is 1. The molecule has 0 saturated carbocycles. The molecule has 1 N–H and O–H groups in total. The van der Waals surface area contributed by atoms with Crippen molar-refractivity contribution in [2.75, 3.05) is 30.7 Å². The van der Waals surface area contributed by atoms with E-state index in [0.717, 1.165) is 18.7 Å². The third-order valence-electron chi connectivity index (χ3n) is 3.51. The van der Waals surface area contributed by atoms with Crippen LogP contribution < -0.4 is 5.32 Å². The number of hydrogen-bond acceptors (Lipinski definition) is 3. The summed E-state index contributed by atoms with van der Waals surface area (Å²) >= 11 is 1.87. The van der Waals surface area contributed by atoms with Crippen LogP contribution in [0.5, 0.6) is 0 Å². The molecule has 116 valence electrons. The first-order chi connectivity index (χ1) is 9.94. The highest BCUT2D eigenvalue weighted by Gasteiger charge is 2.31. The van der Waals surface area contributed by atoms with Crippen LogP contribution in [0.2, 0.25) is 0 Å². The Hall–Kier alpha value is -1.23. The van der Waals surface area contributed by atoms with E-state index < -0.39 is 0 Å². The lowest BCUT2D eigenvalue weighted by Crippen LogP contribution is -2.46. The van der Waals surface area contributed by atoms with Gasteiger partial charge in [-0.05, 0) is 32.4 Å². The normalized spacial score (nSPS) is 17.6. The number of rotatable bonds is 4. The van der Waals surface area contributed by atoms with E-state index in [1.54, 1.807) is 12.1 Å². The van der Waals surface area contributed by atoms with Gasteiger partial charge in [0.15, 0.2) is 0 Å². The van der Waals surface area contributed by atoms with Crippen LogP contribution in [0, 0.1) is 5.82 Å². The second kappa shape index (κ2) is 6.69. The summed E-state index contributed by atoms with van der Waals surface area (Å²) in [5.74, 6) is 0.479. The number of anilines is 1. The van der Waals surface area contributed by atoms with Gasteiger partial charge in [0.05, 0.1) is 11.3 Å². The lowest BCUT2D eigenvalue weighted by molar-refractivity contribution is 0.0748. The van der Waals surface area contributed by atoms with Gasteiger partial charge in [-0.2, -0.15) is 11.8 Å². The number of halogens is 1. The van der Waals surface area contributed by atoms with Crippen LogP contribution in [0.15, 0.2) is 18.2 Å². The molecule has 1 aromatic carbocycles. The quantitative estimate of drug-likeness (QED) is 0.922. The van der Waals surface area contributed by atoms with Crippen molar-refractivity contribution in [2.24, 2.45) is 0 Å². The molecule has 0 aliphatic carbocycles. The van der Waals surface area contributed by atoms with Crippen LogP contribution in [-0.2, 0) is 0 Å². The first-order valence-corrected chi connectivity index (χ1v) is 8.39. The molecule has 1 aliphatic rings. The molecule has 1 aromatic rings. The summed E-state index contributed by atoms with van der Waals surface area (Å²) in [6.45, 7) is 8.36. The Balaban J connectivity index is 2.24. The zero-order valence-electron chi connectivity index (χ0n) is 12.9. The van der Waals surface area contributed by atoms with Gasteiger partial charge in [0.1, 0.15) is 5.82 Å². The third-order valence-corrected chi connectivity index (χ3v) is 4.81. The van der Waals surface area contributed by atoms with E-state index in [9.17, 15) is 9.18 Å². The van der Waals surface area contributed by atoms with E-state index in [1.807, 2.05) is 23.6 Å². The molecule has 1 fully saturated rings. The fourth-order valence-electron chi connectivity index (χ4n) is 2.49. The third kappa shape index (κ3) is 3.90. The fourth-order valence-corrected chi connectivity index (χ4v) is 3.60. The van der Waals surface area contributed by atoms with Crippen molar-refractivity contribution in [1.82, 2.24) is 4.90 Å². The summed E-state index contributed by atoms with van der Waals surface area (Å²) in [7, 11) is 0. The summed E-state index contributed by atoms with van der Waals surface area (Å²) in [6.07, 6.45) is 0.884. The van der Waals surface area contributed by atoms with Crippen LogP contribution >= 0.6 is 11.8 Å². The monoisotopic (exact) mass is 310 g/mol. The molecule has 5 heteroatoms. The van der Waals surface area contributed by atoms with Gasteiger partial charge in [-0.15, -0.1) is 0 Å². The molecular formula is C16H23FN2OS. The summed E-state index contributed by atoms with van der Waals surface area (Å²) in [5.41, 5.74) is 0.770. The SMILES string of the molecule is CCCNc1c(F)cccc1C(=O)N1CCSC(C)(C)C1. The number of para-hydroxylation sites is 1. The second-order valence-corrected chi connectivity index (χ2v) is 7.73. The Morgan fingerprint density at radius 1 is 1.48 bits per heavy atom. The van der Waals surface area contributed by atoms with Gasteiger partial charge in [-0.25, -0.2) is 4.39 Å². The van der Waals surface area contributed by atoms with Gasteiger partial charge in [0.25, 0.3) is 5.91 Å². The van der Waals surface area contributed by atoms with E-state index in [-0.39, 0.29) is 16.5 Å². The van der Waals surface area contributed by atoms with E-state index in [2.05, 4.69) is 19.2 Å². The molecular weight excluding hydrogens is 287 g/mol. The molecule has 1 amide bonds. The number of carbonyl (C=O) groups excluding carboxylic acids is 1. The summed E-state index contributed by atoms with van der Waals surface area (Å²) in [5, 5.41) is 3.04. The van der Waals surface area contributed by atoms with Crippen molar-refractivity contribution in [3.8, 4) is 0 Å². The van der Waals surface area contributed by atoms with Crippen LogP contribution in [0.25, 0.3) is 0 Å². The maximum atomic E-state index is 14.0. The van der Waals surface area contributed by atoms with Gasteiger partial charge in [-0.3, -0.25) is 4.79 Å². The van der Waals surface area contributed by atoms with Crippen LogP contribution in [0.1, 0.15) is 37.6 Å². The Kier molecular flexibility index (Phi) is 5.14. The van der Waals surface area contributed by atoms with Gasteiger partial charge in [-0.1, -0.05) is 13.0 Å². The molecule has 1 aliphatic heterocycles. The highest BCUT2D eigenvalue weighted by atomic mass is 32.2. The molecule has 0 unspecified atom stereocenters. The topological polar surface area (TPSA) is 32.3 Å². The lowest BCUT2D eigenvalue weighted by Gasteiger charge is -2.37. The van der Waals surface area contributed by atoms with Crippen molar-refractivity contribution in [3.63, 3.8) is 0 Å². The molecule has 0 radical (unpaired) electrons. The van der Waals surface area contributed by atoms with Crippen molar-refractivity contribution in [1.29, 1.82) is 0 Å². The molecule has 0 spiro atoms. The minimum atomic E-state index is -0.361. The molecule has 1 saturated heterocycles. The van der Waals surface area contributed by atoms with Crippen molar-refractivity contribution < 1.29 is 9.18 Å². The molecule has 1 heterocycles. The molecule has 0 bridgehead atoms. The van der Waals surface area contributed by atoms with Gasteiger partial charge in [0.2, 0.25) is 0 Å². The smallest absolute Gasteiger partial charge is 0.256 e. The molecule has 2 rings (SSSR count). The molecule has 0 aromatic heterocycles. The first kappa shape index (κ1) is 16.1. The Bertz CT molecular complexity index is 519. The van der Waals surface area contributed by atoms with Gasteiger partial charge >= 0.3 is 0 Å². The van der Waals surface area contributed by atoms with Gasteiger partial charge < -0.3 is 10.2 Å². The minimum Gasteiger partial charge on any atom is -0.382 e. The first-order valence-electron chi connectivity index (χ1n) is 7.40. The summed E-state index contributed by atoms with van der Waals surface area (Å²) in [4.78, 5) is 14.6. The second-order valence-electron chi connectivity index (χ2n) is 5.92. The van der Waals surface area contributed by atoms with Crippen LogP contribution in [-0.4, -0.2) is 40.9 Å². The lowest BCUT2D eigenvalue weighted by atomic mass is 10.1. The largest absolute Gasteiger partial charge is 0.382 e. The number of amides is 1. The van der Waals surface area contributed by atoms with Crippen LogP contribution in [0.3, 0.4) is 0 Å². The maximum absolute atomic E-state index is 14.0. The van der Waals surface area contributed by atoms with Crippen LogP contribution in [0.4, 0.5) is 10.1 Å². The predicted molar refractivity (Wildman–Crippen MR) is 87.6 cm³/mol. The van der Waals surface area contributed by atoms with Crippen molar-refractivity contribution >= 4 is 23.4 Å². The Morgan fingerprint density at radius 3 is 2.90 bits per heavy atom. The molecule has 0 atom stereocenters. The zero-order valence-corrected chi connectivity index (χ0v) is 13.7. The number of nitrogens with zero attached hydrogens (tertiary/aromatic N) is 1. The maximum Gasteiger partial charge on any atom is 0.256 e. The number of hydrogen-bond donors (Lipinski definition) is 1. The fraction of sp³-hybridized carbons (Fsp3) is 0.562. The van der Waals surface area contributed by atoms with E-state index in [0.29, 0.717) is 24.3 Å². The van der Waals surface area contributed by atoms with E-state index in [4.69, 9.17) is 0 Å². The minimum absolute atomic E-state index is 0.0538. The Labute approximate surface area is 130 Å². The predicted octanol–water partition coefficient (Wildman–Crippen LogP) is 3.62. The van der Waals surface area contributed by atoms with Crippen molar-refractivity contribution in [3.05, 3.63) is 29.6 Å². The average Bonchev–Trinajstić information content (AvgIpc) is 2.44. The summed E-state index contributed by atoms with van der Waals surface area (Å²) in [6, 6.07) is 4.70. The number of thioether (sulfide) groups is 1. The number of nitrogens with one attached hydrogen (secondary N) is 1. The van der Waals surface area contributed by atoms with E-state index >= 15 is 0 Å². The van der Waals surface area contributed by atoms with Crippen molar-refractivity contribution in [2.45, 2.75) is 31.9 Å². The Morgan fingerprint density at radius 2 is 2.24 bits per heavy atom. The average molecular weight is 310 g/mol. The highest BCUT2D eigenvalue weighted by molar-refractivity contribution is 8.00. The summed E-state index contributed by atoms with van der Waals surface area (Å²) < 4.78 is 14.1. The van der Waals surface area contributed by atoms with Gasteiger partial charge in [0, 0.05) is 30.1 Å². The number of benzene rings is 1. The standard InChI is InChI=1S/C16H23FN2OS/c1-4-8-18-14-12(6-5-7-13(14)17)15(20)19-9-10-21-16(2,3)11-19/h5-7,18H,4,8-11H2,1-3H3. The molecule has 21 heavy (non-hydrogen) atoms. The highest BCUT2D eigenvalue weighted by Crippen LogP contribution is 2.31. The zero-order chi connectivity index (χ0) is 15.5. The molecule has 3 nitrogen and oxygen atoms in total. The van der Waals surface area contributed by atoms with E-state index in [1.165, 1.54) is 6.07 Å².